The lowest BCUT2D eigenvalue weighted by Crippen LogP contribution is -2.21. The van der Waals surface area contributed by atoms with E-state index in [-0.39, 0.29) is 5.78 Å². The van der Waals surface area contributed by atoms with E-state index in [0.29, 0.717) is 16.9 Å². The Morgan fingerprint density at radius 1 is 1.00 bits per heavy atom. The number of carbonyl (C=O) groups is 1. The predicted molar refractivity (Wildman–Crippen MR) is 86.4 cm³/mol. The summed E-state index contributed by atoms with van der Waals surface area (Å²) in [6.45, 7) is 6.15. The van der Waals surface area contributed by atoms with Crippen LogP contribution in [0.15, 0.2) is 48.5 Å². The lowest BCUT2D eigenvalue weighted by Gasteiger charge is -2.21. The lowest BCUT2D eigenvalue weighted by atomic mass is 10.0. The van der Waals surface area contributed by atoms with Crippen LogP contribution in [0.1, 0.15) is 29.8 Å². The number of benzene rings is 2. The fourth-order valence-corrected chi connectivity index (χ4v) is 2.40. The molecular formula is C18H21NO2. The molecule has 0 amide bonds. The van der Waals surface area contributed by atoms with Gasteiger partial charge in [-0.25, -0.2) is 0 Å². The number of anilines is 1. The van der Waals surface area contributed by atoms with Crippen LogP contribution < -0.4 is 9.64 Å². The van der Waals surface area contributed by atoms with E-state index in [1.165, 1.54) is 0 Å². The van der Waals surface area contributed by atoms with E-state index >= 15 is 0 Å². The minimum Gasteiger partial charge on any atom is -0.496 e. The van der Waals surface area contributed by atoms with Gasteiger partial charge in [0.25, 0.3) is 0 Å². The summed E-state index contributed by atoms with van der Waals surface area (Å²) >= 11 is 0. The number of hydrogen-bond acceptors (Lipinski definition) is 3. The molecule has 110 valence electrons. The highest BCUT2D eigenvalue weighted by Gasteiger charge is 2.14. The van der Waals surface area contributed by atoms with Crippen LogP contribution in [0.2, 0.25) is 0 Å². The van der Waals surface area contributed by atoms with Crippen LogP contribution in [0.25, 0.3) is 0 Å². The minimum absolute atomic E-state index is 0.0152. The van der Waals surface area contributed by atoms with Crippen molar-refractivity contribution in [1.29, 1.82) is 0 Å². The third kappa shape index (κ3) is 3.24. The van der Waals surface area contributed by atoms with Gasteiger partial charge in [-0.15, -0.1) is 0 Å². The summed E-state index contributed by atoms with van der Waals surface area (Å²) < 4.78 is 5.26. The molecule has 0 aliphatic heterocycles. The Hall–Kier alpha value is -2.29. The number of carbonyl (C=O) groups excluding carboxylic acids is 1. The van der Waals surface area contributed by atoms with Crippen LogP contribution >= 0.6 is 0 Å². The van der Waals surface area contributed by atoms with Crippen molar-refractivity contribution in [3.8, 4) is 5.75 Å². The summed E-state index contributed by atoms with van der Waals surface area (Å²) in [5.41, 5.74) is 2.41. The average Bonchev–Trinajstić information content (AvgIpc) is 2.56. The highest BCUT2D eigenvalue weighted by Crippen LogP contribution is 2.22. The van der Waals surface area contributed by atoms with Crippen LogP contribution in [-0.2, 0) is 0 Å². The van der Waals surface area contributed by atoms with E-state index in [4.69, 9.17) is 4.74 Å². The van der Waals surface area contributed by atoms with Gasteiger partial charge in [-0.1, -0.05) is 12.1 Å². The molecule has 0 N–H and O–H groups in total. The van der Waals surface area contributed by atoms with E-state index < -0.39 is 0 Å². The molecule has 0 aromatic heterocycles. The van der Waals surface area contributed by atoms with Crippen LogP contribution in [0.4, 0.5) is 5.69 Å². The van der Waals surface area contributed by atoms with Gasteiger partial charge in [-0.2, -0.15) is 0 Å². The smallest absolute Gasteiger partial charge is 0.196 e. The first-order valence-electron chi connectivity index (χ1n) is 7.24. The second kappa shape index (κ2) is 6.93. The maximum Gasteiger partial charge on any atom is 0.196 e. The number of ether oxygens (including phenoxy) is 1. The third-order valence-electron chi connectivity index (χ3n) is 3.61. The molecule has 0 aliphatic rings. The van der Waals surface area contributed by atoms with Crippen LogP contribution in [0.5, 0.6) is 5.75 Å². The zero-order valence-corrected chi connectivity index (χ0v) is 12.8. The maximum atomic E-state index is 12.6. The number of rotatable bonds is 6. The first kappa shape index (κ1) is 15.1. The first-order chi connectivity index (χ1) is 10.2. The summed E-state index contributed by atoms with van der Waals surface area (Å²) in [6, 6.07) is 15.0. The second-order valence-electron chi connectivity index (χ2n) is 4.75. The fraction of sp³-hybridized carbons (Fsp3) is 0.278. The molecule has 2 aromatic carbocycles. The minimum atomic E-state index is -0.0152. The summed E-state index contributed by atoms with van der Waals surface area (Å²) in [6.07, 6.45) is 0. The van der Waals surface area contributed by atoms with Crippen molar-refractivity contribution in [3.63, 3.8) is 0 Å². The SMILES string of the molecule is CCN(CC)c1ccc(C(=O)c2ccccc2OC)cc1. The first-order valence-corrected chi connectivity index (χ1v) is 7.24. The fourth-order valence-electron chi connectivity index (χ4n) is 2.40. The van der Waals surface area contributed by atoms with Gasteiger partial charge in [0.2, 0.25) is 0 Å². The summed E-state index contributed by atoms with van der Waals surface area (Å²) in [5.74, 6) is 0.592. The summed E-state index contributed by atoms with van der Waals surface area (Å²) in [4.78, 5) is 14.8. The highest BCUT2D eigenvalue weighted by atomic mass is 16.5. The second-order valence-corrected chi connectivity index (χ2v) is 4.75. The van der Waals surface area contributed by atoms with E-state index in [1.54, 1.807) is 19.2 Å². The van der Waals surface area contributed by atoms with Gasteiger partial charge in [0, 0.05) is 24.3 Å². The molecule has 0 aliphatic carbocycles. The molecule has 0 saturated heterocycles. The van der Waals surface area contributed by atoms with Gasteiger partial charge < -0.3 is 9.64 Å². The monoisotopic (exact) mass is 283 g/mol. The normalized spacial score (nSPS) is 10.2. The average molecular weight is 283 g/mol. The topological polar surface area (TPSA) is 29.5 Å². The van der Waals surface area contributed by atoms with Crippen LogP contribution in [0, 0.1) is 0 Å². The lowest BCUT2D eigenvalue weighted by molar-refractivity contribution is 0.103. The molecule has 2 aromatic rings. The number of hydrogen-bond donors (Lipinski definition) is 0. The largest absolute Gasteiger partial charge is 0.496 e. The van der Waals surface area contributed by atoms with Gasteiger partial charge in [-0.05, 0) is 50.2 Å². The molecule has 2 rings (SSSR count). The number of methoxy groups -OCH3 is 1. The summed E-state index contributed by atoms with van der Waals surface area (Å²) in [5, 5.41) is 0. The highest BCUT2D eigenvalue weighted by molar-refractivity contribution is 6.10. The molecule has 0 bridgehead atoms. The number of nitrogens with zero attached hydrogens (tertiary/aromatic N) is 1. The molecule has 0 spiro atoms. The van der Waals surface area contributed by atoms with E-state index in [9.17, 15) is 4.79 Å². The molecule has 0 radical (unpaired) electrons. The van der Waals surface area contributed by atoms with E-state index in [1.807, 2.05) is 36.4 Å². The Labute approximate surface area is 126 Å². The van der Waals surface area contributed by atoms with Gasteiger partial charge in [0.05, 0.1) is 12.7 Å². The summed E-state index contributed by atoms with van der Waals surface area (Å²) in [7, 11) is 1.58. The number of ketones is 1. The number of para-hydroxylation sites is 1. The van der Waals surface area contributed by atoms with E-state index in [2.05, 4.69) is 18.7 Å². The van der Waals surface area contributed by atoms with Gasteiger partial charge >= 0.3 is 0 Å². The Kier molecular flexibility index (Phi) is 4.99. The van der Waals surface area contributed by atoms with Crippen molar-refractivity contribution in [2.24, 2.45) is 0 Å². The Morgan fingerprint density at radius 2 is 1.62 bits per heavy atom. The molecule has 3 heteroatoms. The van der Waals surface area contributed by atoms with Crippen molar-refractivity contribution in [2.75, 3.05) is 25.1 Å². The van der Waals surface area contributed by atoms with Crippen molar-refractivity contribution < 1.29 is 9.53 Å². The standard InChI is InChI=1S/C18H21NO2/c1-4-19(5-2)15-12-10-14(11-13-15)18(20)16-8-6-7-9-17(16)21-3/h6-13H,4-5H2,1-3H3. The molecule has 3 nitrogen and oxygen atoms in total. The molecule has 0 fully saturated rings. The molecule has 21 heavy (non-hydrogen) atoms. The maximum absolute atomic E-state index is 12.6. The van der Waals surface area contributed by atoms with Gasteiger partial charge in [-0.3, -0.25) is 4.79 Å². The van der Waals surface area contributed by atoms with Gasteiger partial charge in [0.15, 0.2) is 5.78 Å². The Balaban J connectivity index is 2.28. The molecule has 0 atom stereocenters. The molecule has 0 heterocycles. The van der Waals surface area contributed by atoms with Crippen molar-refractivity contribution in [3.05, 3.63) is 59.7 Å². The zero-order valence-electron chi connectivity index (χ0n) is 12.8. The van der Waals surface area contributed by atoms with Crippen molar-refractivity contribution in [2.45, 2.75) is 13.8 Å². The van der Waals surface area contributed by atoms with E-state index in [0.717, 1.165) is 18.8 Å². The van der Waals surface area contributed by atoms with Crippen LogP contribution in [0.3, 0.4) is 0 Å². The van der Waals surface area contributed by atoms with Gasteiger partial charge in [0.1, 0.15) is 5.75 Å². The Morgan fingerprint density at radius 3 is 2.19 bits per heavy atom. The molecular weight excluding hydrogens is 262 g/mol. The van der Waals surface area contributed by atoms with Crippen molar-refractivity contribution >= 4 is 11.5 Å². The third-order valence-corrected chi connectivity index (χ3v) is 3.61. The van der Waals surface area contributed by atoms with Crippen molar-refractivity contribution in [1.82, 2.24) is 0 Å². The molecule has 0 saturated carbocycles. The zero-order chi connectivity index (χ0) is 15.2. The quantitative estimate of drug-likeness (QED) is 0.756. The predicted octanol–water partition coefficient (Wildman–Crippen LogP) is 3.77. The Bertz CT molecular complexity index is 601. The van der Waals surface area contributed by atoms with Crippen LogP contribution in [-0.4, -0.2) is 26.0 Å². The molecule has 0 unspecified atom stereocenters.